The van der Waals surface area contributed by atoms with Crippen molar-refractivity contribution in [3.05, 3.63) is 76.9 Å². The van der Waals surface area contributed by atoms with Gasteiger partial charge in [-0.1, -0.05) is 17.7 Å². The van der Waals surface area contributed by atoms with Gasteiger partial charge in [-0.3, -0.25) is 0 Å². The molecular formula is C22H22N4O2S2. The lowest BCUT2D eigenvalue weighted by atomic mass is 10.2. The number of hydrogen-bond donors (Lipinski definition) is 2. The van der Waals surface area contributed by atoms with E-state index < -0.39 is 10.0 Å². The molecule has 2 aromatic heterocycles. The maximum absolute atomic E-state index is 11.5. The van der Waals surface area contributed by atoms with Gasteiger partial charge in [0.1, 0.15) is 0 Å². The standard InChI is InChI=1S/C22H22N4O2S2/c1-14-4-6-17(7-5-14)24-22-25-21(13-29-22)20-12-15(2)26(16(20)3)18-8-10-19(11-9-18)30(23,27)28/h4-13H,1-3H3,(H,24,25)(H2,23,27,28). The van der Waals surface area contributed by atoms with Gasteiger partial charge in [-0.25, -0.2) is 18.5 Å². The molecule has 0 saturated carbocycles. The van der Waals surface area contributed by atoms with Crippen LogP contribution in [-0.2, 0) is 10.0 Å². The molecule has 0 fully saturated rings. The van der Waals surface area contributed by atoms with Gasteiger partial charge in [0.25, 0.3) is 0 Å². The number of aryl methyl sites for hydroxylation is 2. The summed E-state index contributed by atoms with van der Waals surface area (Å²) >= 11 is 1.56. The van der Waals surface area contributed by atoms with Crippen LogP contribution in [0, 0.1) is 20.8 Å². The van der Waals surface area contributed by atoms with Gasteiger partial charge in [0.05, 0.1) is 10.6 Å². The molecule has 0 saturated heterocycles. The van der Waals surface area contributed by atoms with Crippen molar-refractivity contribution in [3.8, 4) is 16.9 Å². The molecule has 0 aliphatic rings. The summed E-state index contributed by atoms with van der Waals surface area (Å²) in [6.45, 7) is 6.10. The number of nitrogens with two attached hydrogens (primary N) is 1. The molecule has 8 heteroatoms. The highest BCUT2D eigenvalue weighted by atomic mass is 32.2. The number of benzene rings is 2. The molecule has 2 aromatic carbocycles. The molecule has 2 heterocycles. The van der Waals surface area contributed by atoms with Gasteiger partial charge in [-0.15, -0.1) is 11.3 Å². The molecule has 0 aliphatic heterocycles. The molecule has 3 N–H and O–H groups in total. The fraction of sp³-hybridized carbons (Fsp3) is 0.136. The van der Waals surface area contributed by atoms with Gasteiger partial charge in [0.2, 0.25) is 10.0 Å². The maximum Gasteiger partial charge on any atom is 0.238 e. The van der Waals surface area contributed by atoms with Crippen molar-refractivity contribution in [1.29, 1.82) is 0 Å². The van der Waals surface area contributed by atoms with Crippen molar-refractivity contribution in [3.63, 3.8) is 0 Å². The van der Waals surface area contributed by atoms with Gasteiger partial charge in [-0.05, 0) is 63.2 Å². The third kappa shape index (κ3) is 4.02. The monoisotopic (exact) mass is 438 g/mol. The molecule has 0 aliphatic carbocycles. The van der Waals surface area contributed by atoms with E-state index >= 15 is 0 Å². The second kappa shape index (κ2) is 7.71. The molecule has 0 atom stereocenters. The molecule has 4 aromatic rings. The highest BCUT2D eigenvalue weighted by Gasteiger charge is 2.16. The number of aromatic nitrogens is 2. The number of anilines is 2. The number of nitrogens with one attached hydrogen (secondary N) is 1. The number of sulfonamides is 1. The van der Waals surface area contributed by atoms with Crippen molar-refractivity contribution >= 4 is 32.2 Å². The second-order valence-electron chi connectivity index (χ2n) is 7.19. The molecule has 154 valence electrons. The summed E-state index contributed by atoms with van der Waals surface area (Å²) in [6, 6.07) is 16.8. The summed E-state index contributed by atoms with van der Waals surface area (Å²) in [5.41, 5.74) is 7.09. The Morgan fingerprint density at radius 1 is 1.00 bits per heavy atom. The normalized spacial score (nSPS) is 11.6. The number of hydrogen-bond acceptors (Lipinski definition) is 5. The first-order valence-corrected chi connectivity index (χ1v) is 11.8. The Balaban J connectivity index is 1.64. The lowest BCUT2D eigenvalue weighted by Gasteiger charge is -2.10. The van der Waals surface area contributed by atoms with E-state index in [1.54, 1.807) is 23.5 Å². The minimum Gasteiger partial charge on any atom is -0.332 e. The van der Waals surface area contributed by atoms with Gasteiger partial charge in [-0.2, -0.15) is 0 Å². The van der Waals surface area contributed by atoms with Crippen molar-refractivity contribution in [1.82, 2.24) is 9.55 Å². The summed E-state index contributed by atoms with van der Waals surface area (Å²) in [4.78, 5) is 4.85. The Hall–Kier alpha value is -2.94. The predicted octanol–water partition coefficient (Wildman–Crippen LogP) is 4.92. The number of primary sulfonamides is 1. The molecule has 0 bridgehead atoms. The van der Waals surface area contributed by atoms with Crippen LogP contribution in [0.1, 0.15) is 17.0 Å². The number of nitrogens with zero attached hydrogens (tertiary/aromatic N) is 2. The summed E-state index contributed by atoms with van der Waals surface area (Å²) in [6.07, 6.45) is 0. The smallest absolute Gasteiger partial charge is 0.238 e. The molecule has 0 amide bonds. The largest absolute Gasteiger partial charge is 0.332 e. The number of rotatable bonds is 5. The van der Waals surface area contributed by atoms with Crippen LogP contribution in [0.15, 0.2) is 64.9 Å². The molecule has 30 heavy (non-hydrogen) atoms. The third-order valence-electron chi connectivity index (χ3n) is 4.94. The van der Waals surface area contributed by atoms with E-state index in [0.717, 1.165) is 39.2 Å². The van der Waals surface area contributed by atoms with Gasteiger partial charge < -0.3 is 9.88 Å². The van der Waals surface area contributed by atoms with Crippen LogP contribution in [0.25, 0.3) is 16.9 Å². The average molecular weight is 439 g/mol. The molecule has 0 unspecified atom stereocenters. The zero-order chi connectivity index (χ0) is 21.5. The average Bonchev–Trinajstić information content (AvgIpc) is 3.27. The van der Waals surface area contributed by atoms with Crippen LogP contribution >= 0.6 is 11.3 Å². The first-order valence-electron chi connectivity index (χ1n) is 9.34. The minimum absolute atomic E-state index is 0.0975. The van der Waals surface area contributed by atoms with Crippen LogP contribution in [0.5, 0.6) is 0 Å². The van der Waals surface area contributed by atoms with Gasteiger partial charge in [0.15, 0.2) is 5.13 Å². The van der Waals surface area contributed by atoms with Crippen molar-refractivity contribution in [2.24, 2.45) is 5.14 Å². The van der Waals surface area contributed by atoms with E-state index in [2.05, 4.69) is 35.0 Å². The molecule has 0 spiro atoms. The van der Waals surface area contributed by atoms with E-state index in [-0.39, 0.29) is 4.90 Å². The van der Waals surface area contributed by atoms with Crippen molar-refractivity contribution in [2.45, 2.75) is 25.7 Å². The van der Waals surface area contributed by atoms with Crippen LogP contribution in [0.3, 0.4) is 0 Å². The van der Waals surface area contributed by atoms with Crippen LogP contribution in [-0.4, -0.2) is 18.0 Å². The Morgan fingerprint density at radius 2 is 1.67 bits per heavy atom. The Kier molecular flexibility index (Phi) is 5.23. The van der Waals surface area contributed by atoms with Crippen molar-refractivity contribution in [2.75, 3.05) is 5.32 Å². The van der Waals surface area contributed by atoms with Crippen LogP contribution in [0.2, 0.25) is 0 Å². The Morgan fingerprint density at radius 3 is 2.30 bits per heavy atom. The lowest BCUT2D eigenvalue weighted by Crippen LogP contribution is -2.12. The maximum atomic E-state index is 11.5. The predicted molar refractivity (Wildman–Crippen MR) is 122 cm³/mol. The second-order valence-corrected chi connectivity index (χ2v) is 9.61. The topological polar surface area (TPSA) is 90.0 Å². The van der Waals surface area contributed by atoms with E-state index in [9.17, 15) is 8.42 Å². The SMILES string of the molecule is Cc1ccc(Nc2nc(-c3cc(C)n(-c4ccc(S(N)(=O)=O)cc4)c3C)cs2)cc1. The fourth-order valence-corrected chi connectivity index (χ4v) is 4.67. The Labute approximate surface area is 180 Å². The van der Waals surface area contributed by atoms with Crippen LogP contribution in [0.4, 0.5) is 10.8 Å². The first kappa shape index (κ1) is 20.3. The molecule has 0 radical (unpaired) electrons. The first-order chi connectivity index (χ1) is 14.2. The van der Waals surface area contributed by atoms with Crippen molar-refractivity contribution < 1.29 is 8.42 Å². The molecule has 6 nitrogen and oxygen atoms in total. The Bertz CT molecular complexity index is 1300. The van der Waals surface area contributed by atoms with Crippen LogP contribution < -0.4 is 10.5 Å². The lowest BCUT2D eigenvalue weighted by molar-refractivity contribution is 0.598. The summed E-state index contributed by atoms with van der Waals surface area (Å²) in [7, 11) is -3.71. The minimum atomic E-state index is -3.71. The third-order valence-corrected chi connectivity index (χ3v) is 6.62. The molecular weight excluding hydrogens is 416 g/mol. The van der Waals surface area contributed by atoms with E-state index in [4.69, 9.17) is 10.1 Å². The zero-order valence-electron chi connectivity index (χ0n) is 16.9. The van der Waals surface area contributed by atoms with Gasteiger partial charge in [0, 0.05) is 33.7 Å². The van der Waals surface area contributed by atoms with E-state index in [1.807, 2.05) is 31.4 Å². The fourth-order valence-electron chi connectivity index (χ4n) is 3.42. The summed E-state index contributed by atoms with van der Waals surface area (Å²) in [5.74, 6) is 0. The van der Waals surface area contributed by atoms with E-state index in [0.29, 0.717) is 0 Å². The quantitative estimate of drug-likeness (QED) is 0.463. The summed E-state index contributed by atoms with van der Waals surface area (Å²) in [5, 5.41) is 11.4. The van der Waals surface area contributed by atoms with Gasteiger partial charge >= 0.3 is 0 Å². The van der Waals surface area contributed by atoms with E-state index in [1.165, 1.54) is 17.7 Å². The zero-order valence-corrected chi connectivity index (χ0v) is 18.5. The number of thiazole rings is 1. The molecule has 4 rings (SSSR count). The highest BCUT2D eigenvalue weighted by Crippen LogP contribution is 2.32. The highest BCUT2D eigenvalue weighted by molar-refractivity contribution is 7.89. The summed E-state index contributed by atoms with van der Waals surface area (Å²) < 4.78 is 25.1.